The van der Waals surface area contributed by atoms with Gasteiger partial charge in [0.05, 0.1) is 6.54 Å². The van der Waals surface area contributed by atoms with Gasteiger partial charge >= 0.3 is 0 Å². The minimum Gasteiger partial charge on any atom is -0.359 e. The molecule has 2 N–H and O–H groups in total. The van der Waals surface area contributed by atoms with E-state index in [1.807, 2.05) is 0 Å². The van der Waals surface area contributed by atoms with Gasteiger partial charge in [-0.05, 0) is 56.2 Å². The monoisotopic (exact) mass is 448 g/mol. The van der Waals surface area contributed by atoms with Crippen molar-refractivity contribution in [2.75, 3.05) is 33.2 Å². The molecule has 1 saturated carbocycles. The Morgan fingerprint density at radius 1 is 1.25 bits per heavy atom. The molecule has 2 fully saturated rings. The lowest BCUT2D eigenvalue weighted by Gasteiger charge is -2.42. The van der Waals surface area contributed by atoms with Crippen molar-refractivity contribution in [3.05, 3.63) is 34.3 Å². The number of carbonyl (C=O) groups excluding carboxylic acids is 1. The Hall–Kier alpha value is -1.56. The smallest absolute Gasteiger partial charge is 0.220 e. The number of carbonyl (C=O) groups is 1. The molecule has 2 aliphatic rings. The molecule has 0 spiro atoms. The average molecular weight is 449 g/mol. The van der Waals surface area contributed by atoms with Crippen molar-refractivity contribution < 1.29 is 4.79 Å². The third kappa shape index (κ3) is 5.07. The van der Waals surface area contributed by atoms with Gasteiger partial charge in [-0.25, -0.2) is 0 Å². The van der Waals surface area contributed by atoms with Gasteiger partial charge in [0.2, 0.25) is 5.91 Å². The van der Waals surface area contributed by atoms with E-state index < -0.39 is 0 Å². The first-order valence-electron chi connectivity index (χ1n) is 10.6. The summed E-state index contributed by atoms with van der Waals surface area (Å²) < 4.78 is 1.13. The van der Waals surface area contributed by atoms with Gasteiger partial charge in [0.15, 0.2) is 5.96 Å². The lowest BCUT2D eigenvalue weighted by molar-refractivity contribution is -0.121. The first-order valence-corrected chi connectivity index (χ1v) is 11.4. The number of guanidine groups is 1. The van der Waals surface area contributed by atoms with Gasteiger partial charge in [0.1, 0.15) is 0 Å². The number of likely N-dealkylation sites (tertiary alicyclic amines) is 1. The molecule has 1 heterocycles. The van der Waals surface area contributed by atoms with Gasteiger partial charge in [0.25, 0.3) is 0 Å². The largest absolute Gasteiger partial charge is 0.359 e. The van der Waals surface area contributed by atoms with Crippen LogP contribution in [0.2, 0.25) is 0 Å². The number of nitrogens with one attached hydrogen (secondary N) is 2. The van der Waals surface area contributed by atoms with E-state index in [0.29, 0.717) is 12.3 Å². The van der Waals surface area contributed by atoms with E-state index >= 15 is 0 Å². The number of hydrogen-bond acceptors (Lipinski definition) is 2. The summed E-state index contributed by atoms with van der Waals surface area (Å²) in [6.45, 7) is 5.79. The zero-order chi connectivity index (χ0) is 20.0. The van der Waals surface area contributed by atoms with E-state index in [-0.39, 0.29) is 11.3 Å². The SMILES string of the molecule is CCNC(=NCC1(c2ccc(Br)cc2)CCC1)N1CCC(CC(=O)NC)CC1. The Morgan fingerprint density at radius 2 is 1.93 bits per heavy atom. The van der Waals surface area contributed by atoms with Gasteiger partial charge in [-0.2, -0.15) is 0 Å². The van der Waals surface area contributed by atoms with Crippen LogP contribution in [0.4, 0.5) is 0 Å². The zero-order valence-electron chi connectivity index (χ0n) is 17.1. The van der Waals surface area contributed by atoms with Crippen molar-refractivity contribution in [1.29, 1.82) is 0 Å². The van der Waals surface area contributed by atoms with Crippen LogP contribution >= 0.6 is 15.9 Å². The van der Waals surface area contributed by atoms with Crippen LogP contribution in [0, 0.1) is 5.92 Å². The summed E-state index contributed by atoms with van der Waals surface area (Å²) in [7, 11) is 1.72. The molecular weight excluding hydrogens is 416 g/mol. The van der Waals surface area contributed by atoms with E-state index in [1.165, 1.54) is 24.8 Å². The fourth-order valence-electron chi connectivity index (χ4n) is 4.31. The molecule has 1 amide bonds. The average Bonchev–Trinajstić information content (AvgIpc) is 2.68. The number of rotatable bonds is 6. The summed E-state index contributed by atoms with van der Waals surface area (Å²) in [4.78, 5) is 19.1. The molecule has 154 valence electrons. The van der Waals surface area contributed by atoms with Crippen LogP contribution in [0.1, 0.15) is 51.0 Å². The van der Waals surface area contributed by atoms with E-state index in [4.69, 9.17) is 4.99 Å². The molecule has 0 aromatic heterocycles. The number of amides is 1. The maximum absolute atomic E-state index is 11.6. The molecular formula is C22H33BrN4O. The van der Waals surface area contributed by atoms with Gasteiger partial charge in [-0.3, -0.25) is 9.79 Å². The molecule has 6 heteroatoms. The minimum atomic E-state index is 0.153. The molecule has 1 aliphatic carbocycles. The Morgan fingerprint density at radius 3 is 2.46 bits per heavy atom. The van der Waals surface area contributed by atoms with Crippen molar-refractivity contribution >= 4 is 27.8 Å². The summed E-state index contributed by atoms with van der Waals surface area (Å²) in [6, 6.07) is 8.77. The van der Waals surface area contributed by atoms with Crippen molar-refractivity contribution in [3.63, 3.8) is 0 Å². The number of nitrogens with zero attached hydrogens (tertiary/aromatic N) is 2. The lowest BCUT2D eigenvalue weighted by atomic mass is 9.64. The summed E-state index contributed by atoms with van der Waals surface area (Å²) in [6.07, 6.45) is 6.46. The van der Waals surface area contributed by atoms with Crippen LogP contribution in [0.25, 0.3) is 0 Å². The maximum atomic E-state index is 11.6. The van der Waals surface area contributed by atoms with Gasteiger partial charge < -0.3 is 15.5 Å². The quantitative estimate of drug-likeness (QED) is 0.515. The second-order valence-corrected chi connectivity index (χ2v) is 9.03. The third-order valence-electron chi connectivity index (χ3n) is 6.30. The van der Waals surface area contributed by atoms with Gasteiger partial charge in [-0.1, -0.05) is 34.5 Å². The first-order chi connectivity index (χ1) is 13.6. The first kappa shape index (κ1) is 21.2. The highest BCUT2D eigenvalue weighted by Crippen LogP contribution is 2.44. The van der Waals surface area contributed by atoms with E-state index in [2.05, 4.69) is 62.7 Å². The fourth-order valence-corrected chi connectivity index (χ4v) is 4.57. The molecule has 28 heavy (non-hydrogen) atoms. The van der Waals surface area contributed by atoms with Crippen molar-refractivity contribution in [2.45, 2.75) is 50.9 Å². The molecule has 1 aromatic carbocycles. The summed E-state index contributed by atoms with van der Waals surface area (Å²) >= 11 is 3.54. The second-order valence-electron chi connectivity index (χ2n) is 8.12. The molecule has 0 bridgehead atoms. The number of halogens is 1. The van der Waals surface area contributed by atoms with Crippen LogP contribution < -0.4 is 10.6 Å². The molecule has 0 unspecified atom stereocenters. The lowest BCUT2D eigenvalue weighted by Crippen LogP contribution is -2.47. The number of benzene rings is 1. The third-order valence-corrected chi connectivity index (χ3v) is 6.83. The van der Waals surface area contributed by atoms with Crippen LogP contribution in [0.5, 0.6) is 0 Å². The van der Waals surface area contributed by atoms with Crippen LogP contribution in [-0.2, 0) is 10.2 Å². The molecule has 1 aliphatic heterocycles. The van der Waals surface area contributed by atoms with Gasteiger partial charge in [-0.15, -0.1) is 0 Å². The predicted molar refractivity (Wildman–Crippen MR) is 119 cm³/mol. The Labute approximate surface area is 177 Å². The Bertz CT molecular complexity index is 676. The molecule has 1 aromatic rings. The van der Waals surface area contributed by atoms with E-state index in [1.54, 1.807) is 7.05 Å². The Kier molecular flexibility index (Phi) is 7.38. The topological polar surface area (TPSA) is 56.7 Å². The minimum absolute atomic E-state index is 0.153. The summed E-state index contributed by atoms with van der Waals surface area (Å²) in [5.41, 5.74) is 1.60. The van der Waals surface area contributed by atoms with Crippen molar-refractivity contribution in [2.24, 2.45) is 10.9 Å². The summed E-state index contributed by atoms with van der Waals surface area (Å²) in [5, 5.41) is 6.23. The van der Waals surface area contributed by atoms with Crippen molar-refractivity contribution in [1.82, 2.24) is 15.5 Å². The van der Waals surface area contributed by atoms with Crippen molar-refractivity contribution in [3.8, 4) is 0 Å². The second kappa shape index (κ2) is 9.77. The highest BCUT2D eigenvalue weighted by atomic mass is 79.9. The predicted octanol–water partition coefficient (Wildman–Crippen LogP) is 3.68. The molecule has 0 atom stereocenters. The van der Waals surface area contributed by atoms with Crippen LogP contribution in [-0.4, -0.2) is 50.0 Å². The standard InChI is InChI=1S/C22H33BrN4O/c1-3-25-21(27-13-9-17(10-14-27)15-20(28)24-2)26-16-22(11-4-12-22)18-5-7-19(23)8-6-18/h5-8,17H,3-4,9-16H2,1-2H3,(H,24,28)(H,25,26). The number of piperidine rings is 1. The number of hydrogen-bond donors (Lipinski definition) is 2. The van der Waals surface area contributed by atoms with Gasteiger partial charge in [0, 0.05) is 43.0 Å². The highest BCUT2D eigenvalue weighted by molar-refractivity contribution is 9.10. The molecule has 1 saturated heterocycles. The highest BCUT2D eigenvalue weighted by Gasteiger charge is 2.38. The molecule has 0 radical (unpaired) electrons. The Balaban J connectivity index is 1.64. The van der Waals surface area contributed by atoms with E-state index in [0.717, 1.165) is 49.5 Å². The fraction of sp³-hybridized carbons (Fsp3) is 0.636. The molecule has 5 nitrogen and oxygen atoms in total. The normalized spacial score (nSPS) is 19.8. The maximum Gasteiger partial charge on any atom is 0.220 e. The van der Waals surface area contributed by atoms with Crippen LogP contribution in [0.3, 0.4) is 0 Å². The number of aliphatic imine (C=N–C) groups is 1. The molecule has 3 rings (SSSR count). The summed E-state index contributed by atoms with van der Waals surface area (Å²) in [5.74, 6) is 1.67. The van der Waals surface area contributed by atoms with Crippen LogP contribution in [0.15, 0.2) is 33.7 Å². The van der Waals surface area contributed by atoms with E-state index in [9.17, 15) is 4.79 Å². The zero-order valence-corrected chi connectivity index (χ0v) is 18.7.